The molecule has 1 aliphatic heterocycles. The number of hydrogen-bond donors (Lipinski definition) is 3. The van der Waals surface area contributed by atoms with Gasteiger partial charge in [-0.3, -0.25) is 0 Å². The maximum atomic E-state index is 14.4. The fourth-order valence-electron chi connectivity index (χ4n) is 4.84. The summed E-state index contributed by atoms with van der Waals surface area (Å²) in [6.07, 6.45) is 0.384. The van der Waals surface area contributed by atoms with Crippen molar-refractivity contribution in [1.29, 1.82) is 0 Å². The third kappa shape index (κ3) is 7.07. The number of nitrogens with two attached hydrogens (primary N) is 1. The highest BCUT2D eigenvalue weighted by Gasteiger charge is 2.44. The zero-order valence-electron chi connectivity index (χ0n) is 22.7. The van der Waals surface area contributed by atoms with Gasteiger partial charge in [0.2, 0.25) is 0 Å². The Morgan fingerprint density at radius 3 is 2.44 bits per heavy atom. The van der Waals surface area contributed by atoms with E-state index in [2.05, 4.69) is 21.1 Å². The van der Waals surface area contributed by atoms with Gasteiger partial charge in [-0.15, -0.1) is 4.41 Å². The van der Waals surface area contributed by atoms with Crippen LogP contribution in [0.3, 0.4) is 0 Å². The number of amides is 2. The summed E-state index contributed by atoms with van der Waals surface area (Å²) in [5.41, 5.74) is 7.83. The Kier molecular flexibility index (Phi) is 10.0. The number of carbonyl (C=O) groups excluding carboxylic acids is 1. The molecule has 10 nitrogen and oxygen atoms in total. The predicted octanol–water partition coefficient (Wildman–Crippen LogP) is 4.16. The average molecular weight is 645 g/mol. The highest BCUT2D eigenvalue weighted by Crippen LogP contribution is 2.29. The van der Waals surface area contributed by atoms with Crippen LogP contribution in [0.25, 0.3) is 0 Å². The number of aliphatic hydroxyl groups excluding tert-OH is 1. The molecule has 41 heavy (non-hydrogen) atoms. The van der Waals surface area contributed by atoms with Crippen LogP contribution < -0.4 is 5.73 Å². The molecule has 0 spiro atoms. The zero-order chi connectivity index (χ0) is 29.6. The second kappa shape index (κ2) is 13.5. The van der Waals surface area contributed by atoms with Crippen molar-refractivity contribution in [3.8, 4) is 0 Å². The summed E-state index contributed by atoms with van der Waals surface area (Å²) in [6.45, 7) is 1.86. The molecular weight excluding hydrogens is 610 g/mol. The van der Waals surface area contributed by atoms with Crippen LogP contribution >= 0.6 is 15.9 Å². The molecule has 2 amide bonds. The highest BCUT2D eigenvalue weighted by molar-refractivity contribution is 9.10. The Labute approximate surface area is 248 Å². The minimum absolute atomic E-state index is 0.00731. The van der Waals surface area contributed by atoms with Gasteiger partial charge in [0.25, 0.3) is 10.0 Å². The minimum atomic E-state index is -4.21. The smallest absolute Gasteiger partial charge is 0.336 e. The first-order valence-electron chi connectivity index (χ1n) is 13.3. The second-order valence-electron chi connectivity index (χ2n) is 9.86. The molecule has 218 valence electrons. The van der Waals surface area contributed by atoms with Crippen molar-refractivity contribution in [2.75, 3.05) is 13.1 Å². The maximum Gasteiger partial charge on any atom is 0.336 e. The molecule has 2 atom stereocenters. The van der Waals surface area contributed by atoms with E-state index in [1.807, 2.05) is 37.3 Å². The van der Waals surface area contributed by atoms with Gasteiger partial charge >= 0.3 is 6.03 Å². The standard InChI is InChI=1S/C29H34BrN5O5S/c1-2-3-15-34-29(37)33(19-22-11-7-12-23(16-22)28(31)32-38)26(17-21-9-5-4-6-10-21)27(36)20-35(34)41(39,40)25-14-8-13-24(30)18-25/h4-14,16,18,26-27,36,38H,2-3,15,17,19-20H2,1H3,(H2,31,32)/t26-,27-/m1/s1. The van der Waals surface area contributed by atoms with Crippen molar-refractivity contribution in [2.24, 2.45) is 10.9 Å². The lowest BCUT2D eigenvalue weighted by Gasteiger charge is -2.35. The van der Waals surface area contributed by atoms with Crippen molar-refractivity contribution in [1.82, 2.24) is 14.3 Å². The lowest BCUT2D eigenvalue weighted by molar-refractivity contribution is 0.0578. The first-order chi connectivity index (χ1) is 19.6. The molecule has 0 bridgehead atoms. The van der Waals surface area contributed by atoms with Gasteiger partial charge in [-0.05, 0) is 48.2 Å². The molecule has 0 aromatic heterocycles. The van der Waals surface area contributed by atoms with Crippen LogP contribution in [0.15, 0.2) is 93.4 Å². The van der Waals surface area contributed by atoms with E-state index in [0.29, 0.717) is 28.4 Å². The van der Waals surface area contributed by atoms with Crippen LogP contribution in [-0.4, -0.2) is 70.2 Å². The monoisotopic (exact) mass is 643 g/mol. The van der Waals surface area contributed by atoms with Gasteiger partial charge < -0.3 is 20.9 Å². The number of sulfonamides is 1. The molecule has 1 heterocycles. The first-order valence-corrected chi connectivity index (χ1v) is 15.5. The number of unbranched alkanes of at least 4 members (excludes halogenated alkanes) is 1. The van der Waals surface area contributed by atoms with E-state index >= 15 is 0 Å². The van der Waals surface area contributed by atoms with E-state index in [4.69, 9.17) is 10.9 Å². The number of urea groups is 1. The number of rotatable bonds is 10. The Balaban J connectivity index is 1.81. The zero-order valence-corrected chi connectivity index (χ0v) is 25.1. The molecule has 1 aliphatic rings. The van der Waals surface area contributed by atoms with E-state index in [1.165, 1.54) is 22.0 Å². The van der Waals surface area contributed by atoms with Crippen molar-refractivity contribution in [3.63, 3.8) is 0 Å². The molecule has 12 heteroatoms. The van der Waals surface area contributed by atoms with Crippen LogP contribution in [0, 0.1) is 0 Å². The molecule has 1 fully saturated rings. The van der Waals surface area contributed by atoms with Gasteiger partial charge in [-0.25, -0.2) is 18.2 Å². The number of oxime groups is 1. The summed E-state index contributed by atoms with van der Waals surface area (Å²) < 4.78 is 29.5. The largest absolute Gasteiger partial charge is 0.409 e. The normalized spacial score (nSPS) is 18.9. The van der Waals surface area contributed by atoms with Crippen LogP contribution in [0.1, 0.15) is 36.5 Å². The summed E-state index contributed by atoms with van der Waals surface area (Å²) >= 11 is 3.34. The van der Waals surface area contributed by atoms with Gasteiger partial charge in [0.05, 0.1) is 23.6 Å². The van der Waals surface area contributed by atoms with E-state index in [9.17, 15) is 18.3 Å². The van der Waals surface area contributed by atoms with Gasteiger partial charge in [0.15, 0.2) is 5.84 Å². The molecule has 0 radical (unpaired) electrons. The first kappa shape index (κ1) is 30.5. The third-order valence-corrected chi connectivity index (χ3v) is 9.23. The van der Waals surface area contributed by atoms with Gasteiger partial charge in [0.1, 0.15) is 0 Å². The number of amidine groups is 1. The van der Waals surface area contributed by atoms with E-state index in [0.717, 1.165) is 16.4 Å². The molecular formula is C29H34BrN5O5S. The Morgan fingerprint density at radius 2 is 1.76 bits per heavy atom. The fraction of sp³-hybridized carbons (Fsp3) is 0.310. The molecule has 0 aliphatic carbocycles. The third-order valence-electron chi connectivity index (χ3n) is 6.99. The number of benzene rings is 3. The van der Waals surface area contributed by atoms with E-state index < -0.39 is 28.2 Å². The number of nitrogens with zero attached hydrogens (tertiary/aromatic N) is 4. The number of halogens is 1. The number of β-amino-alcohol motifs (C(OH)–C–C–N with tert-alkyl or cyclic N) is 1. The molecule has 1 saturated heterocycles. The summed E-state index contributed by atoms with van der Waals surface area (Å²) in [4.78, 5) is 15.9. The SMILES string of the molecule is CCCCN1C(=O)N(Cc2cccc(/C(N)=N\O)c2)[C@H](Cc2ccccc2)[C@H](O)CN1S(=O)(=O)c1cccc(Br)c1. The van der Waals surface area contributed by atoms with Crippen molar-refractivity contribution >= 4 is 37.8 Å². The van der Waals surface area contributed by atoms with E-state index in [1.54, 1.807) is 36.4 Å². The Morgan fingerprint density at radius 1 is 1.05 bits per heavy atom. The lowest BCUT2D eigenvalue weighted by Crippen LogP contribution is -2.53. The number of hydrogen-bond acceptors (Lipinski definition) is 6. The molecule has 4 rings (SSSR count). The summed E-state index contributed by atoms with van der Waals surface area (Å²) in [7, 11) is -4.21. The van der Waals surface area contributed by atoms with Crippen molar-refractivity contribution in [2.45, 2.75) is 49.8 Å². The van der Waals surface area contributed by atoms with Crippen molar-refractivity contribution < 1.29 is 23.5 Å². The summed E-state index contributed by atoms with van der Waals surface area (Å²) in [5, 5.41) is 25.1. The predicted molar refractivity (Wildman–Crippen MR) is 159 cm³/mol. The number of aliphatic hydroxyl groups is 1. The molecule has 3 aromatic carbocycles. The molecule has 3 aromatic rings. The topological polar surface area (TPSA) is 140 Å². The highest BCUT2D eigenvalue weighted by atomic mass is 79.9. The summed E-state index contributed by atoms with van der Waals surface area (Å²) in [6, 6.07) is 21.4. The maximum absolute atomic E-state index is 14.4. The Hall–Kier alpha value is -3.45. The van der Waals surface area contributed by atoms with Gasteiger partial charge in [0, 0.05) is 23.1 Å². The van der Waals surface area contributed by atoms with Crippen LogP contribution in [0.5, 0.6) is 0 Å². The molecule has 0 saturated carbocycles. The quantitative estimate of drug-likeness (QED) is 0.131. The number of carbonyl (C=O) groups is 1. The average Bonchev–Trinajstić information content (AvgIpc) is 3.07. The number of hydrazine groups is 1. The van der Waals surface area contributed by atoms with Crippen LogP contribution in [0.4, 0.5) is 4.79 Å². The van der Waals surface area contributed by atoms with Gasteiger partial charge in [-0.2, -0.15) is 0 Å². The van der Waals surface area contributed by atoms with Crippen molar-refractivity contribution in [3.05, 3.63) is 100 Å². The molecule has 0 unspecified atom stereocenters. The molecule has 4 N–H and O–H groups in total. The fourth-order valence-corrected chi connectivity index (χ4v) is 6.92. The second-order valence-corrected chi connectivity index (χ2v) is 12.6. The Bertz CT molecular complexity index is 1490. The lowest BCUT2D eigenvalue weighted by atomic mass is 9.99. The van der Waals surface area contributed by atoms with Crippen LogP contribution in [-0.2, 0) is 23.0 Å². The summed E-state index contributed by atoms with van der Waals surface area (Å²) in [5.74, 6) is -0.0780. The van der Waals surface area contributed by atoms with Gasteiger partial charge in [-0.1, -0.05) is 89.0 Å². The minimum Gasteiger partial charge on any atom is -0.409 e. The van der Waals surface area contributed by atoms with E-state index in [-0.39, 0.29) is 30.4 Å². The van der Waals surface area contributed by atoms with Crippen LogP contribution in [0.2, 0.25) is 0 Å².